The fourth-order valence-corrected chi connectivity index (χ4v) is 9.97. The molecule has 2 aliphatic rings. The van der Waals surface area contributed by atoms with Crippen molar-refractivity contribution in [3.05, 3.63) is 210 Å². The molecule has 1 aromatic heterocycles. The van der Waals surface area contributed by atoms with Gasteiger partial charge in [0.1, 0.15) is 31.0 Å². The highest BCUT2D eigenvalue weighted by Gasteiger charge is 2.35. The van der Waals surface area contributed by atoms with Crippen molar-refractivity contribution in [1.82, 2.24) is 19.4 Å². The minimum Gasteiger partial charge on any atom is -0.457 e. The lowest BCUT2D eigenvalue weighted by atomic mass is 9.74. The number of nitrogen functional groups attached to an aromatic ring is 1. The highest BCUT2D eigenvalue weighted by Crippen LogP contribution is 2.39. The molecule has 3 heterocycles. The van der Waals surface area contributed by atoms with Gasteiger partial charge in [0.15, 0.2) is 0 Å². The third kappa shape index (κ3) is 16.7. The molecule has 2 aliphatic heterocycles. The second-order valence-electron chi connectivity index (χ2n) is 19.9. The number of nitrogens with two attached hydrogens (primary N) is 1. The van der Waals surface area contributed by atoms with Crippen LogP contribution in [0.2, 0.25) is 0 Å². The van der Waals surface area contributed by atoms with Crippen molar-refractivity contribution in [2.24, 2.45) is 0 Å². The van der Waals surface area contributed by atoms with Gasteiger partial charge in [-0.3, -0.25) is 5.32 Å². The minimum absolute atomic E-state index is 0.0616. The molecule has 402 valence electrons. The summed E-state index contributed by atoms with van der Waals surface area (Å²) < 4.78 is 23.0. The van der Waals surface area contributed by atoms with Gasteiger partial charge in [-0.15, -0.1) is 0 Å². The summed E-state index contributed by atoms with van der Waals surface area (Å²) in [6.45, 7) is 9.29. The Hall–Kier alpha value is -8.07. The number of likely N-dealkylation sites (tertiary alicyclic amines) is 2. The first-order valence-corrected chi connectivity index (χ1v) is 26.5. The van der Waals surface area contributed by atoms with Crippen molar-refractivity contribution in [3.63, 3.8) is 0 Å². The van der Waals surface area contributed by atoms with Gasteiger partial charge in [-0.1, -0.05) is 112 Å². The van der Waals surface area contributed by atoms with Crippen LogP contribution in [-0.2, 0) is 33.5 Å². The molecule has 2 unspecified atom stereocenters. The number of anilines is 2. The number of hydrogen-bond acceptors (Lipinski definition) is 12. The molecule has 1 amide bonds. The fraction of sp³-hybridized carbons (Fsp3) is 0.317. The molecule has 2 saturated heterocycles. The van der Waals surface area contributed by atoms with E-state index in [1.54, 1.807) is 67.0 Å². The normalized spacial score (nSPS) is 17.6. The van der Waals surface area contributed by atoms with Gasteiger partial charge in [-0.25, -0.2) is 28.7 Å². The van der Waals surface area contributed by atoms with Crippen molar-refractivity contribution in [2.45, 2.75) is 89.3 Å². The van der Waals surface area contributed by atoms with Crippen molar-refractivity contribution < 1.29 is 38.1 Å². The van der Waals surface area contributed by atoms with E-state index in [1.807, 2.05) is 91.0 Å². The number of ether oxygens (including phenoxy) is 4. The van der Waals surface area contributed by atoms with Gasteiger partial charge in [-0.05, 0) is 161 Å². The van der Waals surface area contributed by atoms with E-state index in [-0.39, 0.29) is 30.0 Å². The Morgan fingerprint density at radius 1 is 0.584 bits per heavy atom. The highest BCUT2D eigenvalue weighted by molar-refractivity contribution is 5.91. The number of hydrogen-bond donors (Lipinski definition) is 2. The molecule has 14 nitrogen and oxygen atoms in total. The highest BCUT2D eigenvalue weighted by atomic mass is 16.6. The second kappa shape index (κ2) is 28.2. The van der Waals surface area contributed by atoms with Crippen LogP contribution in [-0.4, -0.2) is 83.8 Å². The lowest BCUT2D eigenvalue weighted by Crippen LogP contribution is -2.37. The van der Waals surface area contributed by atoms with Gasteiger partial charge in [0.05, 0.1) is 11.1 Å². The summed E-state index contributed by atoms with van der Waals surface area (Å²) in [5, 5.41) is 2.73. The number of nitrogens with one attached hydrogen (secondary N) is 1. The number of carbonyl (C=O) groups is 4. The number of carbonyl (C=O) groups excluding carboxylic acids is 4. The maximum atomic E-state index is 12.6. The van der Waals surface area contributed by atoms with E-state index in [0.717, 1.165) is 56.6 Å². The van der Waals surface area contributed by atoms with Crippen LogP contribution >= 0.6 is 0 Å². The molecule has 2 fully saturated rings. The summed E-state index contributed by atoms with van der Waals surface area (Å²) in [5.41, 5.74) is 12.2. The summed E-state index contributed by atoms with van der Waals surface area (Å²) >= 11 is 0. The Morgan fingerprint density at radius 3 is 1.53 bits per heavy atom. The lowest BCUT2D eigenvalue weighted by Gasteiger charge is -2.35. The SMILES string of the molecule is CCC1(c2cccc(OC(=O)Nc3ccc(C(=O)OCc4ccccc4)cc3)c2)CCCCN(C)C1.CCC1(c2cccc(OC(=O)n3ccnc3)c2)CCCCN(C)C1.Nc1ccc(C(=O)OCc2ccccc2)cc1. The molecule has 77 heavy (non-hydrogen) atoms. The molecule has 0 aliphatic carbocycles. The van der Waals surface area contributed by atoms with Crippen LogP contribution in [0, 0.1) is 0 Å². The van der Waals surface area contributed by atoms with Crippen molar-refractivity contribution in [1.29, 1.82) is 0 Å². The van der Waals surface area contributed by atoms with E-state index in [9.17, 15) is 19.2 Å². The molecule has 0 saturated carbocycles. The maximum Gasteiger partial charge on any atom is 0.424 e. The molecular weight excluding hydrogens is 969 g/mol. The molecule has 7 aromatic rings. The molecule has 0 bridgehead atoms. The maximum absolute atomic E-state index is 12.6. The monoisotopic (exact) mass is 1040 g/mol. The van der Waals surface area contributed by atoms with Crippen molar-refractivity contribution in [3.8, 4) is 11.5 Å². The van der Waals surface area contributed by atoms with Crippen LogP contribution < -0.4 is 20.5 Å². The second-order valence-corrected chi connectivity index (χ2v) is 19.9. The van der Waals surface area contributed by atoms with Crippen molar-refractivity contribution in [2.75, 3.05) is 51.3 Å². The first kappa shape index (κ1) is 56.7. The Bertz CT molecular complexity index is 2960. The van der Waals surface area contributed by atoms with Crippen LogP contribution in [0.3, 0.4) is 0 Å². The van der Waals surface area contributed by atoms with Crippen LogP contribution in [0.1, 0.15) is 108 Å². The third-order valence-electron chi connectivity index (χ3n) is 14.4. The van der Waals surface area contributed by atoms with Crippen molar-refractivity contribution >= 4 is 35.5 Å². The Kier molecular flexibility index (Phi) is 20.7. The van der Waals surface area contributed by atoms with Crippen LogP contribution in [0.4, 0.5) is 21.0 Å². The zero-order valence-corrected chi connectivity index (χ0v) is 44.8. The van der Waals surface area contributed by atoms with E-state index in [1.165, 1.54) is 54.1 Å². The molecule has 3 N–H and O–H groups in total. The largest absolute Gasteiger partial charge is 0.457 e. The van der Waals surface area contributed by atoms with Crippen LogP contribution in [0.5, 0.6) is 11.5 Å². The smallest absolute Gasteiger partial charge is 0.424 e. The quantitative estimate of drug-likeness (QED) is 0.0830. The number of benzene rings is 6. The Morgan fingerprint density at radius 2 is 1.06 bits per heavy atom. The van der Waals surface area contributed by atoms with E-state index < -0.39 is 18.2 Å². The average Bonchev–Trinajstić information content (AvgIpc) is 3.85. The average molecular weight is 1040 g/mol. The molecule has 0 radical (unpaired) electrons. The van der Waals surface area contributed by atoms with E-state index in [2.05, 4.69) is 60.2 Å². The molecule has 6 aromatic carbocycles. The Labute approximate surface area is 453 Å². The fourth-order valence-electron chi connectivity index (χ4n) is 9.97. The number of rotatable bonds is 13. The van der Waals surface area contributed by atoms with Gasteiger partial charge in [0.2, 0.25) is 0 Å². The first-order chi connectivity index (χ1) is 37.4. The van der Waals surface area contributed by atoms with Gasteiger partial charge < -0.3 is 34.5 Å². The number of nitrogens with zero attached hydrogens (tertiary/aromatic N) is 4. The number of aromatic nitrogens is 2. The number of imidazole rings is 1. The minimum atomic E-state index is -0.574. The Balaban J connectivity index is 0.000000181. The molecule has 14 heteroatoms. The van der Waals surface area contributed by atoms with E-state index in [0.29, 0.717) is 34.0 Å². The van der Waals surface area contributed by atoms with Gasteiger partial charge in [0, 0.05) is 47.7 Å². The van der Waals surface area contributed by atoms with Gasteiger partial charge in [-0.2, -0.15) is 0 Å². The standard InChI is InChI=1S/C30H34N2O4.C19H25N3O2.C14H13NO2/c1-3-30(18-7-8-19-32(2)22-30)25-12-9-13-27(20-25)36-29(34)31-26-16-14-24(15-17-26)28(33)35-21-23-10-5-4-6-11-23;1-3-19(9-4-5-11-21(2)14-19)16-7-6-8-17(13-16)24-18(23)22-12-10-20-15-22;15-13-8-6-12(7-9-13)14(16)17-10-11-4-2-1-3-5-11/h4-6,9-17,20H,3,7-8,18-19,21-22H2,1-2H3,(H,31,34);6-8,10,12-13,15H,3-5,9,11,14H2,1-2H3;1-9H,10,15H2. The number of likely N-dealkylation sites (N-methyl/N-ethyl adjacent to an activating group) is 2. The lowest BCUT2D eigenvalue weighted by molar-refractivity contribution is 0.0464. The first-order valence-electron chi connectivity index (χ1n) is 26.5. The number of esters is 2. The molecular formula is C63H72N6O8. The summed E-state index contributed by atoms with van der Waals surface area (Å²) in [6.07, 6.45) is 12.9. The summed E-state index contributed by atoms with van der Waals surface area (Å²) in [4.78, 5) is 57.4. The number of amides is 1. The molecule has 2 atom stereocenters. The zero-order valence-electron chi connectivity index (χ0n) is 44.8. The predicted molar refractivity (Wildman–Crippen MR) is 301 cm³/mol. The van der Waals surface area contributed by atoms with E-state index in [4.69, 9.17) is 24.7 Å². The van der Waals surface area contributed by atoms with Crippen LogP contribution in [0.15, 0.2) is 176 Å². The summed E-state index contributed by atoms with van der Waals surface area (Å²) in [7, 11) is 4.37. The van der Waals surface area contributed by atoms with E-state index >= 15 is 0 Å². The summed E-state index contributed by atoms with van der Waals surface area (Å²) in [6, 6.07) is 48.2. The molecule has 9 rings (SSSR count). The zero-order chi connectivity index (χ0) is 54.5. The van der Waals surface area contributed by atoms with Gasteiger partial charge >= 0.3 is 24.1 Å². The predicted octanol–water partition coefficient (Wildman–Crippen LogP) is 12.7. The van der Waals surface area contributed by atoms with Crippen LogP contribution in [0.25, 0.3) is 0 Å². The molecule has 0 spiro atoms. The third-order valence-corrected chi connectivity index (χ3v) is 14.4. The topological polar surface area (TPSA) is 168 Å². The van der Waals surface area contributed by atoms with Gasteiger partial charge in [0.25, 0.3) is 0 Å². The summed E-state index contributed by atoms with van der Waals surface area (Å²) in [5.74, 6) is 0.351.